The lowest BCUT2D eigenvalue weighted by atomic mass is 10.0. The first-order chi connectivity index (χ1) is 23.0. The fourth-order valence-electron chi connectivity index (χ4n) is 5.79. The normalized spacial score (nSPS) is 13.9. The molecule has 0 radical (unpaired) electrons. The zero-order chi connectivity index (χ0) is 34.3. The van der Waals surface area contributed by atoms with E-state index in [1.807, 2.05) is 30.3 Å². The smallest absolute Gasteiger partial charge is 0.264 e. The molecule has 1 fully saturated rings. The third kappa shape index (κ3) is 8.82. The fourth-order valence-corrected chi connectivity index (χ4v) is 7.85. The summed E-state index contributed by atoms with van der Waals surface area (Å²) in [6, 6.07) is 25.5. The van der Waals surface area contributed by atoms with E-state index in [0.717, 1.165) is 35.6 Å². The molecule has 2 amide bonds. The van der Waals surface area contributed by atoms with E-state index in [4.69, 9.17) is 39.5 Å². The average Bonchev–Trinajstić information content (AvgIpc) is 3.59. The predicted octanol–water partition coefficient (Wildman–Crippen LogP) is 7.55. The number of rotatable bonds is 13. The van der Waals surface area contributed by atoms with Crippen LogP contribution < -0.4 is 14.4 Å². The lowest BCUT2D eigenvalue weighted by Gasteiger charge is -2.34. The summed E-state index contributed by atoms with van der Waals surface area (Å²) in [5, 5.41) is 4.17. The number of nitrogens with zero attached hydrogens (tertiary/aromatic N) is 2. The van der Waals surface area contributed by atoms with Crippen molar-refractivity contribution in [2.75, 3.05) is 18.0 Å². The highest BCUT2D eigenvalue weighted by Gasteiger charge is 2.36. The lowest BCUT2D eigenvalue weighted by Crippen LogP contribution is -2.54. The largest absolute Gasteiger partial charge is 0.497 e. The summed E-state index contributed by atoms with van der Waals surface area (Å²) in [5.41, 5.74) is 1.57. The second kappa shape index (κ2) is 16.1. The van der Waals surface area contributed by atoms with Crippen LogP contribution in [0.15, 0.2) is 102 Å². The van der Waals surface area contributed by atoms with Crippen molar-refractivity contribution in [2.45, 2.75) is 55.6 Å². The monoisotopic (exact) mass is 727 g/mol. The first-order valence-electron chi connectivity index (χ1n) is 15.5. The molecule has 1 N–H and O–H groups in total. The van der Waals surface area contributed by atoms with Crippen molar-refractivity contribution in [1.29, 1.82) is 0 Å². The molecule has 0 aliphatic heterocycles. The van der Waals surface area contributed by atoms with E-state index in [1.165, 1.54) is 42.3 Å². The standard InChI is InChI=1S/C36H36Cl3N3O5S/c1-47-31-16-18-32(19-17-31)48(45,46)42(30-13-7-10-27(37)21-30)24-35(43)41(23-26-14-15-28(38)22-33(26)39)34(20-25-8-3-2-4-9-25)36(44)40-29-11-5-6-12-29/h2-4,7-10,13-19,21-22,29,34H,5-6,11-12,20,23-24H2,1H3,(H,40,44)/t34-/m0/s1. The highest BCUT2D eigenvalue weighted by molar-refractivity contribution is 7.92. The van der Waals surface area contributed by atoms with Gasteiger partial charge in [0, 0.05) is 34.1 Å². The number of carbonyl (C=O) groups excluding carboxylic acids is 2. The number of carbonyl (C=O) groups is 2. The SMILES string of the molecule is COc1ccc(S(=O)(=O)N(CC(=O)N(Cc2ccc(Cl)cc2Cl)[C@@H](Cc2ccccc2)C(=O)NC2CCCC2)c2cccc(Cl)c2)cc1. The molecule has 1 atom stereocenters. The van der Waals surface area contributed by atoms with E-state index in [2.05, 4.69) is 5.32 Å². The molecule has 4 aromatic carbocycles. The van der Waals surface area contributed by atoms with Crippen LogP contribution in [-0.4, -0.2) is 50.9 Å². The summed E-state index contributed by atoms with van der Waals surface area (Å²) >= 11 is 19.1. The van der Waals surface area contributed by atoms with E-state index < -0.39 is 28.5 Å². The number of anilines is 1. The van der Waals surface area contributed by atoms with Crippen molar-refractivity contribution in [3.8, 4) is 5.75 Å². The molecular weight excluding hydrogens is 693 g/mol. The molecule has 0 saturated heterocycles. The molecule has 0 unspecified atom stereocenters. The van der Waals surface area contributed by atoms with Crippen LogP contribution in [0, 0.1) is 0 Å². The van der Waals surface area contributed by atoms with Crippen molar-refractivity contribution < 1.29 is 22.7 Å². The van der Waals surface area contributed by atoms with E-state index in [-0.39, 0.29) is 40.5 Å². The van der Waals surface area contributed by atoms with E-state index >= 15 is 0 Å². The van der Waals surface area contributed by atoms with Crippen molar-refractivity contribution in [1.82, 2.24) is 10.2 Å². The third-order valence-corrected chi connectivity index (χ3v) is 11.0. The highest BCUT2D eigenvalue weighted by Crippen LogP contribution is 2.29. The Hall–Kier alpha value is -3.76. The summed E-state index contributed by atoms with van der Waals surface area (Å²) in [5.74, 6) is -0.459. The quantitative estimate of drug-likeness (QED) is 0.154. The van der Waals surface area contributed by atoms with Crippen LogP contribution in [0.4, 0.5) is 5.69 Å². The third-order valence-electron chi connectivity index (χ3n) is 8.35. The maximum absolute atomic E-state index is 14.7. The number of hydrogen-bond donors (Lipinski definition) is 1. The minimum Gasteiger partial charge on any atom is -0.497 e. The molecule has 4 aromatic rings. The van der Waals surface area contributed by atoms with Crippen molar-refractivity contribution in [2.24, 2.45) is 0 Å². The van der Waals surface area contributed by atoms with Gasteiger partial charge in [-0.25, -0.2) is 8.42 Å². The predicted molar refractivity (Wildman–Crippen MR) is 190 cm³/mol. The van der Waals surface area contributed by atoms with Crippen LogP contribution in [0.25, 0.3) is 0 Å². The summed E-state index contributed by atoms with van der Waals surface area (Å²) in [6.45, 7) is -0.696. The van der Waals surface area contributed by atoms with Gasteiger partial charge in [-0.05, 0) is 78.6 Å². The molecule has 12 heteroatoms. The first kappa shape index (κ1) is 35.5. The molecule has 48 heavy (non-hydrogen) atoms. The van der Waals surface area contributed by atoms with Gasteiger partial charge >= 0.3 is 0 Å². The van der Waals surface area contributed by atoms with Gasteiger partial charge in [0.2, 0.25) is 11.8 Å². The summed E-state index contributed by atoms with van der Waals surface area (Å²) in [6.07, 6.45) is 3.91. The molecule has 1 aliphatic carbocycles. The molecule has 0 bridgehead atoms. The Morgan fingerprint density at radius 1 is 0.875 bits per heavy atom. The molecule has 0 aromatic heterocycles. The van der Waals surface area contributed by atoms with E-state index in [1.54, 1.807) is 36.4 Å². The van der Waals surface area contributed by atoms with Gasteiger partial charge in [-0.2, -0.15) is 0 Å². The number of amides is 2. The maximum Gasteiger partial charge on any atom is 0.264 e. The molecule has 8 nitrogen and oxygen atoms in total. The summed E-state index contributed by atoms with van der Waals surface area (Å²) in [7, 11) is -2.82. The Morgan fingerprint density at radius 3 is 2.21 bits per heavy atom. The molecule has 1 aliphatic rings. The molecule has 0 heterocycles. The van der Waals surface area contributed by atoms with Gasteiger partial charge in [0.25, 0.3) is 10.0 Å². The van der Waals surface area contributed by atoms with Gasteiger partial charge in [-0.15, -0.1) is 0 Å². The van der Waals surface area contributed by atoms with Crippen molar-refractivity contribution >= 4 is 62.3 Å². The number of ether oxygens (including phenoxy) is 1. The van der Waals surface area contributed by atoms with Gasteiger partial charge in [0.15, 0.2) is 0 Å². The number of sulfonamides is 1. The maximum atomic E-state index is 14.7. The van der Waals surface area contributed by atoms with E-state index in [9.17, 15) is 18.0 Å². The van der Waals surface area contributed by atoms with Crippen LogP contribution in [0.2, 0.25) is 15.1 Å². The second-order valence-corrected chi connectivity index (χ2v) is 14.8. The zero-order valence-electron chi connectivity index (χ0n) is 26.3. The molecule has 0 spiro atoms. The Kier molecular flexibility index (Phi) is 11.9. The summed E-state index contributed by atoms with van der Waals surface area (Å²) < 4.78 is 34.7. The fraction of sp³-hybridized carbons (Fsp3) is 0.278. The van der Waals surface area contributed by atoms with Crippen LogP contribution >= 0.6 is 34.8 Å². The van der Waals surface area contributed by atoms with Gasteiger partial charge in [0.1, 0.15) is 18.3 Å². The Balaban J connectivity index is 1.58. The van der Waals surface area contributed by atoms with Crippen LogP contribution in [-0.2, 0) is 32.6 Å². The Labute approximate surface area is 296 Å². The van der Waals surface area contributed by atoms with E-state index in [0.29, 0.717) is 21.4 Å². The first-order valence-corrected chi connectivity index (χ1v) is 18.1. The van der Waals surface area contributed by atoms with Crippen molar-refractivity contribution in [3.05, 3.63) is 123 Å². The number of benzene rings is 4. The molecular formula is C36H36Cl3N3O5S. The van der Waals surface area contributed by atoms with Gasteiger partial charge in [-0.1, -0.05) is 90.1 Å². The number of nitrogens with one attached hydrogen (secondary N) is 1. The zero-order valence-corrected chi connectivity index (χ0v) is 29.4. The average molecular weight is 729 g/mol. The second-order valence-electron chi connectivity index (χ2n) is 11.6. The molecule has 5 rings (SSSR count). The minimum atomic E-state index is -4.31. The Bertz CT molecular complexity index is 1840. The number of methoxy groups -OCH3 is 1. The lowest BCUT2D eigenvalue weighted by molar-refractivity contribution is -0.140. The topological polar surface area (TPSA) is 96.0 Å². The number of hydrogen-bond acceptors (Lipinski definition) is 5. The highest BCUT2D eigenvalue weighted by atomic mass is 35.5. The van der Waals surface area contributed by atoms with Gasteiger partial charge in [0.05, 0.1) is 17.7 Å². The molecule has 1 saturated carbocycles. The van der Waals surface area contributed by atoms with Gasteiger partial charge < -0.3 is 15.0 Å². The minimum absolute atomic E-state index is 0.00902. The molecule has 252 valence electrons. The Morgan fingerprint density at radius 2 is 1.56 bits per heavy atom. The summed E-state index contributed by atoms with van der Waals surface area (Å²) in [4.78, 5) is 30.2. The van der Waals surface area contributed by atoms with Crippen LogP contribution in [0.5, 0.6) is 5.75 Å². The van der Waals surface area contributed by atoms with Gasteiger partial charge in [-0.3, -0.25) is 13.9 Å². The van der Waals surface area contributed by atoms with Crippen LogP contribution in [0.3, 0.4) is 0 Å². The number of halogens is 3. The van der Waals surface area contributed by atoms with Crippen LogP contribution in [0.1, 0.15) is 36.8 Å². The van der Waals surface area contributed by atoms with Crippen molar-refractivity contribution in [3.63, 3.8) is 0 Å².